The van der Waals surface area contributed by atoms with Gasteiger partial charge < -0.3 is 19.6 Å². The van der Waals surface area contributed by atoms with Crippen LogP contribution in [-0.4, -0.2) is 73.8 Å². The predicted molar refractivity (Wildman–Crippen MR) is 105 cm³/mol. The number of amides is 3. The third-order valence-electron chi connectivity index (χ3n) is 5.54. The Balaban J connectivity index is 1.63. The summed E-state index contributed by atoms with van der Waals surface area (Å²) in [6, 6.07) is 7.98. The molecule has 0 radical (unpaired) electrons. The Labute approximate surface area is 160 Å². The van der Waals surface area contributed by atoms with E-state index in [9.17, 15) is 14.4 Å². The van der Waals surface area contributed by atoms with E-state index in [0.717, 1.165) is 30.9 Å². The fourth-order valence-corrected chi connectivity index (χ4v) is 3.86. The number of nitrogens with zero attached hydrogens (tertiary/aromatic N) is 4. The maximum Gasteiger partial charge on any atom is 0.228 e. The zero-order chi connectivity index (χ0) is 19.4. The molecule has 0 spiro atoms. The highest BCUT2D eigenvalue weighted by Crippen LogP contribution is 2.28. The predicted octanol–water partition coefficient (Wildman–Crippen LogP) is 1.19. The van der Waals surface area contributed by atoms with Crippen LogP contribution in [0.2, 0.25) is 0 Å². The molecule has 0 bridgehead atoms. The third kappa shape index (κ3) is 4.07. The molecule has 2 saturated heterocycles. The van der Waals surface area contributed by atoms with Gasteiger partial charge in [0, 0.05) is 63.6 Å². The van der Waals surface area contributed by atoms with Crippen molar-refractivity contribution in [2.24, 2.45) is 5.92 Å². The van der Waals surface area contributed by atoms with Crippen LogP contribution in [-0.2, 0) is 14.4 Å². The lowest BCUT2D eigenvalue weighted by molar-refractivity contribution is -0.139. The maximum absolute atomic E-state index is 12.8. The van der Waals surface area contributed by atoms with E-state index in [2.05, 4.69) is 18.7 Å². The minimum atomic E-state index is -0.303. The van der Waals surface area contributed by atoms with Crippen molar-refractivity contribution >= 4 is 29.6 Å². The van der Waals surface area contributed by atoms with Crippen molar-refractivity contribution in [1.29, 1.82) is 0 Å². The standard InChI is InChI=1S/C20H28N4O3/c1-3-22(4-2)17-5-7-18(8-6-17)24-14-16(13-19(24)26)20(27)23-11-9-21(15-25)10-12-23/h5-8,15-16H,3-4,9-14H2,1-2H3. The lowest BCUT2D eigenvalue weighted by Crippen LogP contribution is -2.50. The summed E-state index contributed by atoms with van der Waals surface area (Å²) in [6.07, 6.45) is 1.08. The summed E-state index contributed by atoms with van der Waals surface area (Å²) in [5.74, 6) is -0.283. The first-order valence-corrected chi connectivity index (χ1v) is 9.70. The van der Waals surface area contributed by atoms with Gasteiger partial charge in [-0.05, 0) is 38.1 Å². The van der Waals surface area contributed by atoms with E-state index >= 15 is 0 Å². The molecule has 7 heteroatoms. The lowest BCUT2D eigenvalue weighted by atomic mass is 10.1. The molecule has 0 aromatic heterocycles. The van der Waals surface area contributed by atoms with Crippen molar-refractivity contribution in [3.63, 3.8) is 0 Å². The number of carbonyl (C=O) groups excluding carboxylic acids is 3. The molecule has 1 unspecified atom stereocenters. The molecule has 7 nitrogen and oxygen atoms in total. The van der Waals surface area contributed by atoms with Gasteiger partial charge in [0.2, 0.25) is 18.2 Å². The van der Waals surface area contributed by atoms with Gasteiger partial charge in [0.25, 0.3) is 0 Å². The first-order valence-electron chi connectivity index (χ1n) is 9.70. The molecule has 3 rings (SSSR count). The Kier molecular flexibility index (Phi) is 5.98. The zero-order valence-corrected chi connectivity index (χ0v) is 16.1. The summed E-state index contributed by atoms with van der Waals surface area (Å²) >= 11 is 0. The van der Waals surface area contributed by atoms with Crippen molar-refractivity contribution < 1.29 is 14.4 Å². The fraction of sp³-hybridized carbons (Fsp3) is 0.550. The largest absolute Gasteiger partial charge is 0.372 e. The van der Waals surface area contributed by atoms with Crippen LogP contribution in [0.1, 0.15) is 20.3 Å². The number of rotatable bonds is 6. The van der Waals surface area contributed by atoms with Crippen molar-refractivity contribution in [2.75, 3.05) is 55.6 Å². The first-order chi connectivity index (χ1) is 13.1. The summed E-state index contributed by atoms with van der Waals surface area (Å²) in [5, 5.41) is 0. The van der Waals surface area contributed by atoms with Crippen LogP contribution in [0.4, 0.5) is 11.4 Å². The molecule has 1 aromatic carbocycles. The molecule has 2 aliphatic heterocycles. The van der Waals surface area contributed by atoms with Gasteiger partial charge in [-0.25, -0.2) is 0 Å². The minimum absolute atomic E-state index is 0.00420. The number of hydrogen-bond acceptors (Lipinski definition) is 4. The Morgan fingerprint density at radius 2 is 1.74 bits per heavy atom. The first kappa shape index (κ1) is 19.2. The Morgan fingerprint density at radius 1 is 1.11 bits per heavy atom. The van der Waals surface area contributed by atoms with Gasteiger partial charge in [-0.3, -0.25) is 14.4 Å². The number of anilines is 2. The molecular formula is C20H28N4O3. The van der Waals surface area contributed by atoms with E-state index in [4.69, 9.17) is 0 Å². The molecule has 3 amide bonds. The van der Waals surface area contributed by atoms with Crippen molar-refractivity contribution in [3.8, 4) is 0 Å². The van der Waals surface area contributed by atoms with E-state index in [1.165, 1.54) is 0 Å². The van der Waals surface area contributed by atoms with E-state index in [1.807, 2.05) is 24.3 Å². The molecule has 27 heavy (non-hydrogen) atoms. The average molecular weight is 372 g/mol. The van der Waals surface area contributed by atoms with Crippen LogP contribution in [0.15, 0.2) is 24.3 Å². The summed E-state index contributed by atoms with van der Waals surface area (Å²) < 4.78 is 0. The van der Waals surface area contributed by atoms with Gasteiger partial charge in [-0.2, -0.15) is 0 Å². The third-order valence-corrected chi connectivity index (χ3v) is 5.54. The topological polar surface area (TPSA) is 64.2 Å². The van der Waals surface area contributed by atoms with Crippen molar-refractivity contribution in [2.45, 2.75) is 20.3 Å². The van der Waals surface area contributed by atoms with Crippen LogP contribution in [0.5, 0.6) is 0 Å². The number of hydrogen-bond donors (Lipinski definition) is 0. The van der Waals surface area contributed by atoms with Crippen LogP contribution in [0.25, 0.3) is 0 Å². The molecule has 2 heterocycles. The number of carbonyl (C=O) groups is 3. The molecule has 0 aliphatic carbocycles. The summed E-state index contributed by atoms with van der Waals surface area (Å²) in [6.45, 7) is 8.74. The Bertz CT molecular complexity index is 679. The normalized spacial score (nSPS) is 20.1. The van der Waals surface area contributed by atoms with Gasteiger partial charge in [0.15, 0.2) is 0 Å². The van der Waals surface area contributed by atoms with Crippen LogP contribution >= 0.6 is 0 Å². The summed E-state index contributed by atoms with van der Waals surface area (Å²) in [5.41, 5.74) is 1.98. The van der Waals surface area contributed by atoms with Gasteiger partial charge in [0.05, 0.1) is 5.92 Å². The van der Waals surface area contributed by atoms with Gasteiger partial charge in [0.1, 0.15) is 0 Å². The monoisotopic (exact) mass is 372 g/mol. The lowest BCUT2D eigenvalue weighted by Gasteiger charge is -2.33. The second-order valence-corrected chi connectivity index (χ2v) is 7.06. The highest BCUT2D eigenvalue weighted by molar-refractivity contribution is 6.00. The highest BCUT2D eigenvalue weighted by Gasteiger charge is 2.37. The Morgan fingerprint density at radius 3 is 2.30 bits per heavy atom. The molecule has 146 valence electrons. The Hall–Kier alpha value is -2.57. The van der Waals surface area contributed by atoms with Gasteiger partial charge in [-0.15, -0.1) is 0 Å². The van der Waals surface area contributed by atoms with E-state index in [1.54, 1.807) is 14.7 Å². The van der Waals surface area contributed by atoms with E-state index < -0.39 is 0 Å². The average Bonchev–Trinajstić information content (AvgIpc) is 3.10. The zero-order valence-electron chi connectivity index (χ0n) is 16.1. The SMILES string of the molecule is CCN(CC)c1ccc(N2CC(C(=O)N3CCN(C=O)CC3)CC2=O)cc1. The quantitative estimate of drug-likeness (QED) is 0.704. The van der Waals surface area contributed by atoms with Crippen LogP contribution in [0.3, 0.4) is 0 Å². The van der Waals surface area contributed by atoms with Crippen LogP contribution < -0.4 is 9.80 Å². The molecule has 2 aliphatic rings. The maximum atomic E-state index is 12.8. The van der Waals surface area contributed by atoms with Crippen molar-refractivity contribution in [1.82, 2.24) is 9.80 Å². The highest BCUT2D eigenvalue weighted by atomic mass is 16.2. The summed E-state index contributed by atoms with van der Waals surface area (Å²) in [7, 11) is 0. The second kappa shape index (κ2) is 8.41. The van der Waals surface area contributed by atoms with Gasteiger partial charge in [-0.1, -0.05) is 0 Å². The summed E-state index contributed by atoms with van der Waals surface area (Å²) in [4.78, 5) is 43.5. The van der Waals surface area contributed by atoms with Crippen molar-refractivity contribution in [3.05, 3.63) is 24.3 Å². The molecule has 2 fully saturated rings. The smallest absolute Gasteiger partial charge is 0.228 e. The second-order valence-electron chi connectivity index (χ2n) is 7.06. The molecule has 1 atom stereocenters. The fourth-order valence-electron chi connectivity index (χ4n) is 3.86. The van der Waals surface area contributed by atoms with Gasteiger partial charge >= 0.3 is 0 Å². The molecular weight excluding hydrogens is 344 g/mol. The molecule has 0 N–H and O–H groups in total. The molecule has 0 saturated carbocycles. The number of benzene rings is 1. The van der Waals surface area contributed by atoms with Crippen LogP contribution in [0, 0.1) is 5.92 Å². The molecule has 1 aromatic rings. The van der Waals surface area contributed by atoms with E-state index in [-0.39, 0.29) is 24.2 Å². The van der Waals surface area contributed by atoms with E-state index in [0.29, 0.717) is 32.7 Å². The minimum Gasteiger partial charge on any atom is -0.372 e. The number of piperazine rings is 1.